The van der Waals surface area contributed by atoms with Crippen LogP contribution in [0.15, 0.2) is 48.5 Å². The van der Waals surface area contributed by atoms with E-state index in [0.717, 1.165) is 21.9 Å². The van der Waals surface area contributed by atoms with Gasteiger partial charge in [0.15, 0.2) is 0 Å². The summed E-state index contributed by atoms with van der Waals surface area (Å²) in [5.74, 6) is -0.0329. The Bertz CT molecular complexity index is 952. The number of aryl methyl sites for hydroxylation is 1. The lowest BCUT2D eigenvalue weighted by molar-refractivity contribution is 0.0701. The van der Waals surface area contributed by atoms with Gasteiger partial charge in [0.1, 0.15) is 22.2 Å². The molecule has 0 radical (unpaired) electrons. The lowest BCUT2D eigenvalue weighted by Crippen LogP contribution is -2.13. The van der Waals surface area contributed by atoms with Gasteiger partial charge in [0.25, 0.3) is 0 Å². The summed E-state index contributed by atoms with van der Waals surface area (Å²) < 4.78 is 6.06. The van der Waals surface area contributed by atoms with Crippen molar-refractivity contribution in [3.8, 4) is 16.3 Å². The molecule has 0 saturated carbocycles. The molecule has 0 aliphatic heterocycles. The fraction of sp³-hybridized carbons (Fsp3) is 0.273. The van der Waals surface area contributed by atoms with Crippen molar-refractivity contribution in [1.29, 1.82) is 0 Å². The number of nitrogens with zero attached hydrogens (tertiary/aromatic N) is 1. The normalized spacial score (nSPS) is 11.4. The molecule has 0 unspecified atom stereocenters. The van der Waals surface area contributed by atoms with Crippen molar-refractivity contribution in [3.63, 3.8) is 0 Å². The lowest BCUT2D eigenvalue weighted by atomic mass is 9.86. The van der Waals surface area contributed by atoms with Gasteiger partial charge in [0.05, 0.1) is 5.69 Å². The van der Waals surface area contributed by atoms with E-state index in [1.165, 1.54) is 16.9 Å². The van der Waals surface area contributed by atoms with Crippen molar-refractivity contribution < 1.29 is 14.6 Å². The van der Waals surface area contributed by atoms with E-state index in [2.05, 4.69) is 31.8 Å². The number of benzene rings is 2. The third kappa shape index (κ3) is 4.37. The lowest BCUT2D eigenvalue weighted by Gasteiger charge is -2.22. The highest BCUT2D eigenvalue weighted by Crippen LogP contribution is 2.32. The minimum Gasteiger partial charge on any atom is -0.489 e. The first-order valence-electron chi connectivity index (χ1n) is 8.78. The maximum Gasteiger partial charge on any atom is 0.347 e. The Morgan fingerprint density at radius 3 is 2.37 bits per heavy atom. The number of carboxylic acid groups (broad SMARTS) is 1. The number of carboxylic acids is 1. The molecule has 1 heterocycles. The summed E-state index contributed by atoms with van der Waals surface area (Å²) in [4.78, 5) is 15.9. The molecule has 0 fully saturated rings. The Labute approximate surface area is 163 Å². The summed E-state index contributed by atoms with van der Waals surface area (Å²) in [7, 11) is 0. The molecule has 0 aliphatic carbocycles. The highest BCUT2D eigenvalue weighted by Gasteiger charge is 2.18. The molecule has 4 nitrogen and oxygen atoms in total. The third-order valence-electron chi connectivity index (χ3n) is 4.28. The van der Waals surface area contributed by atoms with E-state index in [1.54, 1.807) is 6.92 Å². The van der Waals surface area contributed by atoms with Crippen LogP contribution in [0.2, 0.25) is 0 Å². The van der Waals surface area contributed by atoms with Crippen LogP contribution >= 0.6 is 11.3 Å². The quantitative estimate of drug-likeness (QED) is 0.616. The Hall–Kier alpha value is -2.66. The first kappa shape index (κ1) is 19.1. The highest BCUT2D eigenvalue weighted by molar-refractivity contribution is 7.17. The second kappa shape index (κ2) is 7.53. The van der Waals surface area contributed by atoms with Crippen molar-refractivity contribution >= 4 is 17.3 Å². The van der Waals surface area contributed by atoms with Crippen LogP contribution in [0.25, 0.3) is 10.6 Å². The zero-order valence-electron chi connectivity index (χ0n) is 15.9. The number of rotatable bonds is 5. The van der Waals surface area contributed by atoms with E-state index in [4.69, 9.17) is 4.74 Å². The number of hydrogen-bond donors (Lipinski definition) is 1. The molecule has 1 N–H and O–H groups in total. The van der Waals surface area contributed by atoms with Crippen LogP contribution in [0.1, 0.15) is 47.3 Å². The number of carbonyl (C=O) groups is 1. The van der Waals surface area contributed by atoms with Crippen LogP contribution in [0.4, 0.5) is 0 Å². The Morgan fingerprint density at radius 2 is 1.78 bits per heavy atom. The molecule has 0 spiro atoms. The van der Waals surface area contributed by atoms with Crippen molar-refractivity contribution in [2.24, 2.45) is 0 Å². The van der Waals surface area contributed by atoms with Gasteiger partial charge in [0, 0.05) is 5.56 Å². The topological polar surface area (TPSA) is 59.4 Å². The number of hydrogen-bond acceptors (Lipinski definition) is 4. The third-order valence-corrected chi connectivity index (χ3v) is 5.48. The molecule has 3 aromatic rings. The number of aromatic nitrogens is 1. The summed E-state index contributed by atoms with van der Waals surface area (Å²) in [6.07, 6.45) is 0. The minimum absolute atomic E-state index is 0.0188. The smallest absolute Gasteiger partial charge is 0.347 e. The maximum atomic E-state index is 11.2. The van der Waals surface area contributed by atoms with Gasteiger partial charge in [0.2, 0.25) is 0 Å². The number of para-hydroxylation sites is 1. The van der Waals surface area contributed by atoms with E-state index in [1.807, 2.05) is 42.5 Å². The fourth-order valence-corrected chi connectivity index (χ4v) is 3.75. The van der Waals surface area contributed by atoms with Gasteiger partial charge < -0.3 is 9.84 Å². The Morgan fingerprint density at radius 1 is 1.11 bits per heavy atom. The summed E-state index contributed by atoms with van der Waals surface area (Å²) in [6.45, 7) is 8.71. The zero-order valence-corrected chi connectivity index (χ0v) is 16.8. The van der Waals surface area contributed by atoms with Crippen molar-refractivity contribution in [3.05, 3.63) is 70.2 Å². The molecule has 0 amide bonds. The van der Waals surface area contributed by atoms with Crippen LogP contribution in [0.3, 0.4) is 0 Å². The number of ether oxygens (including phenoxy) is 1. The van der Waals surface area contributed by atoms with Gasteiger partial charge in [-0.15, -0.1) is 11.3 Å². The van der Waals surface area contributed by atoms with Crippen LogP contribution in [0.5, 0.6) is 5.75 Å². The summed E-state index contributed by atoms with van der Waals surface area (Å²) in [5.41, 5.74) is 3.71. The SMILES string of the molecule is Cc1nc(-c2ccc(COc3ccccc3C(C)(C)C)cc2)sc1C(=O)O. The van der Waals surface area contributed by atoms with Crippen LogP contribution in [-0.2, 0) is 12.0 Å². The van der Waals surface area contributed by atoms with Crippen molar-refractivity contribution in [2.45, 2.75) is 39.7 Å². The summed E-state index contributed by atoms with van der Waals surface area (Å²) in [5, 5.41) is 9.90. The van der Waals surface area contributed by atoms with Gasteiger partial charge in [-0.3, -0.25) is 0 Å². The first-order valence-corrected chi connectivity index (χ1v) is 9.59. The standard InChI is InChI=1S/C22H23NO3S/c1-14-19(21(24)25)27-20(23-14)16-11-9-15(10-12-16)13-26-18-8-6-5-7-17(18)22(2,3)4/h5-12H,13H2,1-4H3,(H,24,25). The number of aromatic carboxylic acids is 1. The zero-order chi connectivity index (χ0) is 19.6. The summed E-state index contributed by atoms with van der Waals surface area (Å²) >= 11 is 1.20. The van der Waals surface area contributed by atoms with Crippen LogP contribution < -0.4 is 4.74 Å². The van der Waals surface area contributed by atoms with Gasteiger partial charge in [-0.05, 0) is 29.5 Å². The molecule has 5 heteroatoms. The Balaban J connectivity index is 1.74. The van der Waals surface area contributed by atoms with Crippen LogP contribution in [0, 0.1) is 6.92 Å². The van der Waals surface area contributed by atoms with E-state index in [0.29, 0.717) is 12.3 Å². The fourth-order valence-electron chi connectivity index (χ4n) is 2.84. The molecule has 0 bridgehead atoms. The van der Waals surface area contributed by atoms with E-state index >= 15 is 0 Å². The van der Waals surface area contributed by atoms with Crippen molar-refractivity contribution in [1.82, 2.24) is 4.98 Å². The van der Waals surface area contributed by atoms with Crippen molar-refractivity contribution in [2.75, 3.05) is 0 Å². The van der Waals surface area contributed by atoms with Gasteiger partial charge in [-0.1, -0.05) is 63.2 Å². The molecular formula is C22H23NO3S. The number of thiazole rings is 1. The molecule has 0 aliphatic rings. The van der Waals surface area contributed by atoms with Gasteiger partial charge in [-0.25, -0.2) is 9.78 Å². The molecule has 0 saturated heterocycles. The molecule has 2 aromatic carbocycles. The molecule has 1 aromatic heterocycles. The average Bonchev–Trinajstić information content (AvgIpc) is 3.02. The molecule has 140 valence electrons. The molecule has 0 atom stereocenters. The molecular weight excluding hydrogens is 358 g/mol. The average molecular weight is 381 g/mol. The largest absolute Gasteiger partial charge is 0.489 e. The van der Waals surface area contributed by atoms with E-state index in [9.17, 15) is 9.90 Å². The van der Waals surface area contributed by atoms with E-state index < -0.39 is 5.97 Å². The second-order valence-electron chi connectivity index (χ2n) is 7.47. The van der Waals surface area contributed by atoms with E-state index in [-0.39, 0.29) is 10.3 Å². The second-order valence-corrected chi connectivity index (χ2v) is 8.47. The van der Waals surface area contributed by atoms with Gasteiger partial charge >= 0.3 is 5.97 Å². The summed E-state index contributed by atoms with van der Waals surface area (Å²) in [6, 6.07) is 16.0. The van der Waals surface area contributed by atoms with Gasteiger partial charge in [-0.2, -0.15) is 0 Å². The minimum atomic E-state index is -0.932. The predicted octanol–water partition coefficient (Wildman–Crippen LogP) is 5.69. The Kier molecular flexibility index (Phi) is 5.33. The monoisotopic (exact) mass is 381 g/mol. The van der Waals surface area contributed by atoms with Crippen LogP contribution in [-0.4, -0.2) is 16.1 Å². The molecule has 3 rings (SSSR count). The highest BCUT2D eigenvalue weighted by atomic mass is 32.1. The molecule has 27 heavy (non-hydrogen) atoms. The first-order chi connectivity index (χ1) is 12.8. The maximum absolute atomic E-state index is 11.2. The predicted molar refractivity (Wildman–Crippen MR) is 109 cm³/mol.